The van der Waals surface area contributed by atoms with E-state index in [1.54, 1.807) is 13.3 Å². The molecule has 0 aromatic heterocycles. The van der Waals surface area contributed by atoms with E-state index in [0.29, 0.717) is 6.42 Å². The molecule has 0 aromatic rings. The van der Waals surface area contributed by atoms with E-state index in [-0.39, 0.29) is 29.6 Å². The van der Waals surface area contributed by atoms with E-state index in [0.717, 1.165) is 12.8 Å². The fourth-order valence-electron chi connectivity index (χ4n) is 2.11. The van der Waals surface area contributed by atoms with Gasteiger partial charge in [0.2, 0.25) is 0 Å². The zero-order chi connectivity index (χ0) is 14.8. The Morgan fingerprint density at radius 1 is 1.05 bits per heavy atom. The van der Waals surface area contributed by atoms with Crippen LogP contribution in [0.1, 0.15) is 51.9 Å². The number of hydrogen-bond acceptors (Lipinski definition) is 5. The summed E-state index contributed by atoms with van der Waals surface area (Å²) in [6, 6.07) is 0. The van der Waals surface area contributed by atoms with Crippen LogP contribution in [0, 0.1) is 18.8 Å². The number of hydrogen-bond donors (Lipinski definition) is 0. The quantitative estimate of drug-likeness (QED) is 0.254. The zero-order valence-corrected chi connectivity index (χ0v) is 13.4. The van der Waals surface area contributed by atoms with E-state index in [2.05, 4.69) is 15.9 Å². The van der Waals surface area contributed by atoms with Crippen molar-refractivity contribution in [3.63, 3.8) is 0 Å². The summed E-state index contributed by atoms with van der Waals surface area (Å²) in [4.78, 5) is 33.1. The zero-order valence-electron chi connectivity index (χ0n) is 12.3. The first-order chi connectivity index (χ1) is 9.65. The van der Waals surface area contributed by atoms with Crippen LogP contribution in [-0.2, 0) is 40.9 Å². The summed E-state index contributed by atoms with van der Waals surface area (Å²) in [5.74, 6) is -3.38. The van der Waals surface area contributed by atoms with Crippen LogP contribution in [-0.4, -0.2) is 24.5 Å². The van der Waals surface area contributed by atoms with Crippen LogP contribution in [0.5, 0.6) is 0 Å². The van der Waals surface area contributed by atoms with E-state index < -0.39 is 17.9 Å². The fourth-order valence-corrected chi connectivity index (χ4v) is 2.11. The van der Waals surface area contributed by atoms with Gasteiger partial charge in [0, 0.05) is 0 Å². The number of carbonyl (C=O) groups is 3. The molecule has 2 aliphatic carbocycles. The first kappa shape index (κ1) is 20.1. The monoisotopic (exact) mass is 338 g/mol. The van der Waals surface area contributed by atoms with Gasteiger partial charge in [0.15, 0.2) is 0 Å². The van der Waals surface area contributed by atoms with Gasteiger partial charge in [-0.1, -0.05) is 31.6 Å². The maximum Gasteiger partial charge on any atom is 2.00 e. The van der Waals surface area contributed by atoms with Gasteiger partial charge < -0.3 is 22.3 Å². The maximum absolute atomic E-state index is 11.3. The van der Waals surface area contributed by atoms with Crippen LogP contribution in [0.2, 0.25) is 0 Å². The van der Waals surface area contributed by atoms with E-state index in [1.165, 1.54) is 25.7 Å². The number of rotatable bonds is 2. The summed E-state index contributed by atoms with van der Waals surface area (Å²) >= 11 is 0. The topological polar surface area (TPSA) is 69.7 Å². The minimum Gasteiger partial charge on any atom is -0.458 e. The van der Waals surface area contributed by atoms with E-state index in [1.807, 2.05) is 0 Å². The Balaban J connectivity index is 0.000000562. The van der Waals surface area contributed by atoms with E-state index in [4.69, 9.17) is 0 Å². The molecule has 6 heteroatoms. The minimum atomic E-state index is -1.23. The molecule has 2 aliphatic rings. The molecule has 0 saturated heterocycles. The van der Waals surface area contributed by atoms with E-state index >= 15 is 0 Å². The van der Waals surface area contributed by atoms with Crippen LogP contribution >= 0.6 is 0 Å². The Bertz CT molecular complexity index is 325. The van der Waals surface area contributed by atoms with Gasteiger partial charge in [-0.05, 0) is 6.92 Å². The second-order valence-electron chi connectivity index (χ2n) is 4.78. The second kappa shape index (κ2) is 11.8. The Hall–Kier alpha value is -0.871. The molecule has 0 radical (unpaired) electrons. The van der Waals surface area contributed by atoms with Crippen LogP contribution in [0.15, 0.2) is 0 Å². The van der Waals surface area contributed by atoms with Crippen molar-refractivity contribution in [1.82, 2.24) is 0 Å². The molecule has 0 aliphatic heterocycles. The summed E-state index contributed by atoms with van der Waals surface area (Å²) in [7, 11) is 0. The standard InChI is InChI=1S/C10H13O5.C5H9.Fe/c1-2-14-9(12)10(13)15-8(11)7-5-3-4-6-7;1-2-4-5-3-1;/h5,7H,2-4,6H2,1H3;1H,2-5H2;/q2*-1;+2. The maximum atomic E-state index is 11.3. The number of esters is 3. The van der Waals surface area contributed by atoms with Crippen molar-refractivity contribution >= 4 is 17.9 Å². The van der Waals surface area contributed by atoms with Gasteiger partial charge in [-0.15, -0.1) is 0 Å². The van der Waals surface area contributed by atoms with Gasteiger partial charge in [-0.25, -0.2) is 9.59 Å². The van der Waals surface area contributed by atoms with Crippen molar-refractivity contribution in [1.29, 1.82) is 0 Å². The number of ether oxygens (including phenoxy) is 2. The summed E-state index contributed by atoms with van der Waals surface area (Å²) < 4.78 is 8.76. The molecule has 21 heavy (non-hydrogen) atoms. The molecule has 2 saturated carbocycles. The molecule has 0 amide bonds. The van der Waals surface area contributed by atoms with Gasteiger partial charge in [0.1, 0.15) is 0 Å². The van der Waals surface area contributed by atoms with Crippen molar-refractivity contribution in [3.05, 3.63) is 12.8 Å². The second-order valence-corrected chi connectivity index (χ2v) is 4.78. The van der Waals surface area contributed by atoms with Crippen molar-refractivity contribution in [2.24, 2.45) is 5.92 Å². The van der Waals surface area contributed by atoms with Crippen molar-refractivity contribution in [2.45, 2.75) is 51.9 Å². The molecule has 1 unspecified atom stereocenters. The summed E-state index contributed by atoms with van der Waals surface area (Å²) in [5.41, 5.74) is 0. The van der Waals surface area contributed by atoms with Gasteiger partial charge in [-0.2, -0.15) is 19.3 Å². The Kier molecular flexibility index (Phi) is 11.3. The average molecular weight is 338 g/mol. The summed E-state index contributed by atoms with van der Waals surface area (Å²) in [5, 5.41) is 0. The van der Waals surface area contributed by atoms with Gasteiger partial charge in [-0.3, -0.25) is 4.79 Å². The molecular weight excluding hydrogens is 316 g/mol. The molecule has 0 bridgehead atoms. The molecular formula is C15H22FeO5. The van der Waals surface area contributed by atoms with Crippen LogP contribution < -0.4 is 0 Å². The molecule has 0 spiro atoms. The van der Waals surface area contributed by atoms with Crippen molar-refractivity contribution in [2.75, 3.05) is 6.61 Å². The summed E-state index contributed by atoms with van der Waals surface area (Å²) in [6.45, 7) is 1.65. The molecule has 2 rings (SSSR count). The van der Waals surface area contributed by atoms with Crippen molar-refractivity contribution in [3.8, 4) is 0 Å². The van der Waals surface area contributed by atoms with Crippen LogP contribution in [0.4, 0.5) is 0 Å². The Morgan fingerprint density at radius 2 is 1.71 bits per heavy atom. The van der Waals surface area contributed by atoms with Gasteiger partial charge in [0.05, 0.1) is 6.61 Å². The van der Waals surface area contributed by atoms with Crippen LogP contribution in [0.25, 0.3) is 0 Å². The first-order valence-corrected chi connectivity index (χ1v) is 7.23. The van der Waals surface area contributed by atoms with Crippen molar-refractivity contribution < 1.29 is 40.9 Å². The third kappa shape index (κ3) is 8.22. The largest absolute Gasteiger partial charge is 2.00 e. The third-order valence-electron chi connectivity index (χ3n) is 3.18. The first-order valence-electron chi connectivity index (χ1n) is 7.23. The Labute approximate surface area is 136 Å². The molecule has 1 atom stereocenters. The molecule has 2 fully saturated rings. The fraction of sp³-hybridized carbons (Fsp3) is 0.667. The predicted octanol–water partition coefficient (Wildman–Crippen LogP) is 2.39. The Morgan fingerprint density at radius 3 is 2.14 bits per heavy atom. The predicted molar refractivity (Wildman–Crippen MR) is 72.1 cm³/mol. The minimum absolute atomic E-state index is 0. The molecule has 5 nitrogen and oxygen atoms in total. The normalized spacial score (nSPS) is 19.8. The molecule has 120 valence electrons. The third-order valence-corrected chi connectivity index (χ3v) is 3.18. The number of carbonyl (C=O) groups excluding carboxylic acids is 3. The van der Waals surface area contributed by atoms with E-state index in [9.17, 15) is 14.4 Å². The van der Waals surface area contributed by atoms with Gasteiger partial charge in [0.25, 0.3) is 5.97 Å². The van der Waals surface area contributed by atoms with Crippen LogP contribution in [0.3, 0.4) is 0 Å². The average Bonchev–Trinajstić information content (AvgIpc) is 3.14. The smallest absolute Gasteiger partial charge is 0.458 e. The van der Waals surface area contributed by atoms with Gasteiger partial charge >= 0.3 is 29.0 Å². The summed E-state index contributed by atoms with van der Waals surface area (Å²) in [6.07, 6.45) is 12.2. The SMILES string of the molecule is CCOC(=O)C(=O)OC(=O)C1[CH-]CCC1.[CH-]1CCCC1.[Fe+2]. The molecule has 0 heterocycles. The molecule has 0 aromatic carbocycles. The molecule has 0 N–H and O–H groups in total.